The van der Waals surface area contributed by atoms with Crippen LogP contribution in [0.25, 0.3) is 0 Å². The standard InChI is InChI=1S/C15H19NO4/c17-15(18-9-8-16-6-2-1-3-7-16)12-4-5-13-14(10-12)20-11-19-13/h4-5,10H,1-3,6-9,11H2. The highest BCUT2D eigenvalue weighted by Gasteiger charge is 2.17. The second-order valence-electron chi connectivity index (χ2n) is 5.11. The zero-order chi connectivity index (χ0) is 13.8. The summed E-state index contributed by atoms with van der Waals surface area (Å²) >= 11 is 0. The van der Waals surface area contributed by atoms with Gasteiger partial charge in [-0.2, -0.15) is 0 Å². The normalized spacial score (nSPS) is 18.0. The van der Waals surface area contributed by atoms with E-state index >= 15 is 0 Å². The van der Waals surface area contributed by atoms with Gasteiger partial charge in [-0.05, 0) is 44.1 Å². The first-order valence-electron chi connectivity index (χ1n) is 7.12. The van der Waals surface area contributed by atoms with E-state index in [1.54, 1.807) is 18.2 Å². The van der Waals surface area contributed by atoms with Crippen molar-refractivity contribution in [1.29, 1.82) is 0 Å². The number of carbonyl (C=O) groups excluding carboxylic acids is 1. The van der Waals surface area contributed by atoms with Crippen LogP contribution in [0.4, 0.5) is 0 Å². The fourth-order valence-electron chi connectivity index (χ4n) is 2.56. The van der Waals surface area contributed by atoms with Crippen molar-refractivity contribution in [1.82, 2.24) is 4.90 Å². The Morgan fingerprint density at radius 1 is 1.15 bits per heavy atom. The Kier molecular flexibility index (Phi) is 4.06. The third-order valence-corrected chi connectivity index (χ3v) is 3.70. The largest absolute Gasteiger partial charge is 0.461 e. The van der Waals surface area contributed by atoms with E-state index in [0.29, 0.717) is 23.7 Å². The van der Waals surface area contributed by atoms with Gasteiger partial charge in [-0.15, -0.1) is 0 Å². The van der Waals surface area contributed by atoms with Crippen LogP contribution in [0.2, 0.25) is 0 Å². The molecule has 0 spiro atoms. The highest BCUT2D eigenvalue weighted by Crippen LogP contribution is 2.32. The van der Waals surface area contributed by atoms with Gasteiger partial charge in [0.05, 0.1) is 5.56 Å². The number of hydrogen-bond acceptors (Lipinski definition) is 5. The fourth-order valence-corrected chi connectivity index (χ4v) is 2.56. The van der Waals surface area contributed by atoms with E-state index < -0.39 is 0 Å². The van der Waals surface area contributed by atoms with Gasteiger partial charge in [-0.1, -0.05) is 6.42 Å². The minimum Gasteiger partial charge on any atom is -0.461 e. The summed E-state index contributed by atoms with van der Waals surface area (Å²) in [6, 6.07) is 5.12. The molecule has 0 unspecified atom stereocenters. The maximum atomic E-state index is 11.9. The molecule has 20 heavy (non-hydrogen) atoms. The van der Waals surface area contributed by atoms with Crippen molar-refractivity contribution in [2.75, 3.05) is 33.0 Å². The molecule has 0 saturated carbocycles. The number of esters is 1. The van der Waals surface area contributed by atoms with E-state index in [-0.39, 0.29) is 12.8 Å². The molecule has 5 nitrogen and oxygen atoms in total. The Morgan fingerprint density at radius 3 is 2.80 bits per heavy atom. The zero-order valence-corrected chi connectivity index (χ0v) is 11.5. The molecular weight excluding hydrogens is 258 g/mol. The van der Waals surface area contributed by atoms with Gasteiger partial charge in [0.1, 0.15) is 6.61 Å². The predicted octanol–water partition coefficient (Wildman–Crippen LogP) is 2.06. The molecule has 0 aromatic heterocycles. The maximum Gasteiger partial charge on any atom is 0.338 e. The van der Waals surface area contributed by atoms with Gasteiger partial charge >= 0.3 is 5.97 Å². The summed E-state index contributed by atoms with van der Waals surface area (Å²) in [7, 11) is 0. The molecule has 0 N–H and O–H groups in total. The lowest BCUT2D eigenvalue weighted by molar-refractivity contribution is 0.0451. The third kappa shape index (κ3) is 3.04. The summed E-state index contributed by atoms with van der Waals surface area (Å²) in [6.07, 6.45) is 3.81. The summed E-state index contributed by atoms with van der Waals surface area (Å²) in [5, 5.41) is 0. The second kappa shape index (κ2) is 6.13. The zero-order valence-electron chi connectivity index (χ0n) is 11.5. The molecule has 0 atom stereocenters. The van der Waals surface area contributed by atoms with Crippen LogP contribution in [0.1, 0.15) is 29.6 Å². The number of fused-ring (bicyclic) bond motifs is 1. The van der Waals surface area contributed by atoms with Gasteiger partial charge in [-0.3, -0.25) is 4.90 Å². The SMILES string of the molecule is O=C(OCCN1CCCCC1)c1ccc2c(c1)OCO2. The van der Waals surface area contributed by atoms with E-state index in [9.17, 15) is 4.79 Å². The summed E-state index contributed by atoms with van der Waals surface area (Å²) in [5.74, 6) is 0.977. The van der Waals surface area contributed by atoms with Crippen molar-refractivity contribution in [3.8, 4) is 11.5 Å². The maximum absolute atomic E-state index is 11.9. The van der Waals surface area contributed by atoms with Crippen molar-refractivity contribution in [3.63, 3.8) is 0 Å². The molecule has 0 radical (unpaired) electrons. The Labute approximate surface area is 118 Å². The van der Waals surface area contributed by atoms with Gasteiger partial charge in [0.15, 0.2) is 11.5 Å². The van der Waals surface area contributed by atoms with E-state index in [1.165, 1.54) is 19.3 Å². The first-order chi connectivity index (χ1) is 9.83. The Balaban J connectivity index is 1.49. The number of likely N-dealkylation sites (tertiary alicyclic amines) is 1. The molecule has 5 heteroatoms. The van der Waals surface area contributed by atoms with Crippen LogP contribution in [0.15, 0.2) is 18.2 Å². The van der Waals surface area contributed by atoms with Crippen LogP contribution >= 0.6 is 0 Å². The molecule has 108 valence electrons. The quantitative estimate of drug-likeness (QED) is 0.788. The summed E-state index contributed by atoms with van der Waals surface area (Å²) in [5.41, 5.74) is 0.507. The number of hydrogen-bond donors (Lipinski definition) is 0. The lowest BCUT2D eigenvalue weighted by atomic mass is 10.1. The van der Waals surface area contributed by atoms with E-state index in [0.717, 1.165) is 19.6 Å². The van der Waals surface area contributed by atoms with Crippen LogP contribution in [0, 0.1) is 0 Å². The van der Waals surface area contributed by atoms with Crippen LogP contribution in [0.3, 0.4) is 0 Å². The van der Waals surface area contributed by atoms with Gasteiger partial charge in [0, 0.05) is 6.54 Å². The number of nitrogens with zero attached hydrogens (tertiary/aromatic N) is 1. The van der Waals surface area contributed by atoms with Gasteiger partial charge < -0.3 is 14.2 Å². The molecule has 2 heterocycles. The molecule has 1 fully saturated rings. The smallest absolute Gasteiger partial charge is 0.338 e. The molecule has 0 aliphatic carbocycles. The summed E-state index contributed by atoms with van der Waals surface area (Å²) < 4.78 is 15.8. The molecule has 3 rings (SSSR count). The predicted molar refractivity (Wildman–Crippen MR) is 73.1 cm³/mol. The van der Waals surface area contributed by atoms with E-state index in [1.807, 2.05) is 0 Å². The van der Waals surface area contributed by atoms with Crippen LogP contribution in [-0.2, 0) is 4.74 Å². The molecule has 1 aromatic carbocycles. The Hall–Kier alpha value is -1.75. The minimum atomic E-state index is -0.305. The van der Waals surface area contributed by atoms with Crippen molar-refractivity contribution < 1.29 is 19.0 Å². The molecule has 0 bridgehead atoms. The van der Waals surface area contributed by atoms with Gasteiger partial charge in [-0.25, -0.2) is 4.79 Å². The second-order valence-corrected chi connectivity index (χ2v) is 5.11. The van der Waals surface area contributed by atoms with E-state index in [2.05, 4.69) is 4.90 Å². The lowest BCUT2D eigenvalue weighted by Gasteiger charge is -2.25. The van der Waals surface area contributed by atoms with Crippen molar-refractivity contribution in [2.24, 2.45) is 0 Å². The fraction of sp³-hybridized carbons (Fsp3) is 0.533. The molecular formula is C15H19NO4. The van der Waals surface area contributed by atoms with Crippen LogP contribution in [0.5, 0.6) is 11.5 Å². The summed E-state index contributed by atoms with van der Waals surface area (Å²) in [4.78, 5) is 14.3. The Morgan fingerprint density at radius 2 is 1.95 bits per heavy atom. The number of carbonyl (C=O) groups is 1. The highest BCUT2D eigenvalue weighted by molar-refractivity contribution is 5.90. The number of ether oxygens (including phenoxy) is 3. The number of benzene rings is 1. The van der Waals surface area contributed by atoms with Crippen LogP contribution in [-0.4, -0.2) is 43.9 Å². The molecule has 1 aromatic rings. The first-order valence-corrected chi connectivity index (χ1v) is 7.12. The topological polar surface area (TPSA) is 48.0 Å². The third-order valence-electron chi connectivity index (χ3n) is 3.70. The molecule has 1 saturated heterocycles. The lowest BCUT2D eigenvalue weighted by Crippen LogP contribution is -2.33. The van der Waals surface area contributed by atoms with Crippen LogP contribution < -0.4 is 9.47 Å². The average Bonchev–Trinajstić information content (AvgIpc) is 2.95. The monoisotopic (exact) mass is 277 g/mol. The first kappa shape index (κ1) is 13.2. The number of piperidine rings is 1. The average molecular weight is 277 g/mol. The van der Waals surface area contributed by atoms with Crippen molar-refractivity contribution in [3.05, 3.63) is 23.8 Å². The minimum absolute atomic E-state index is 0.211. The molecule has 2 aliphatic rings. The van der Waals surface area contributed by atoms with Gasteiger partial charge in [0.2, 0.25) is 6.79 Å². The van der Waals surface area contributed by atoms with Crippen molar-refractivity contribution in [2.45, 2.75) is 19.3 Å². The molecule has 2 aliphatic heterocycles. The van der Waals surface area contributed by atoms with E-state index in [4.69, 9.17) is 14.2 Å². The summed E-state index contributed by atoms with van der Waals surface area (Å²) in [6.45, 7) is 3.69. The molecule has 0 amide bonds. The number of rotatable bonds is 4. The Bertz CT molecular complexity index is 483. The van der Waals surface area contributed by atoms with Gasteiger partial charge in [0.25, 0.3) is 0 Å². The highest BCUT2D eigenvalue weighted by atomic mass is 16.7. The van der Waals surface area contributed by atoms with Crippen molar-refractivity contribution >= 4 is 5.97 Å².